The van der Waals surface area contributed by atoms with Crippen molar-refractivity contribution in [2.24, 2.45) is 10.2 Å². The van der Waals surface area contributed by atoms with E-state index in [2.05, 4.69) is 15.5 Å². The van der Waals surface area contributed by atoms with Crippen molar-refractivity contribution in [2.45, 2.75) is 13.8 Å². The third kappa shape index (κ3) is 8.02. The monoisotopic (exact) mass is 276 g/mol. The first-order valence-corrected chi connectivity index (χ1v) is 6.70. The van der Waals surface area contributed by atoms with Crippen LogP contribution >= 0.6 is 0 Å². The van der Waals surface area contributed by atoms with E-state index in [4.69, 9.17) is 0 Å². The molecule has 1 aromatic rings. The van der Waals surface area contributed by atoms with Gasteiger partial charge in [-0.1, -0.05) is 13.8 Å². The van der Waals surface area contributed by atoms with Crippen LogP contribution in [0.1, 0.15) is 13.8 Å². The quantitative estimate of drug-likeness (QED) is 0.387. The molecule has 0 radical (unpaired) electrons. The molecule has 0 aliphatic heterocycles. The van der Waals surface area contributed by atoms with E-state index in [-0.39, 0.29) is 0 Å². The van der Waals surface area contributed by atoms with Gasteiger partial charge in [-0.2, -0.15) is 0 Å². The van der Waals surface area contributed by atoms with Gasteiger partial charge in [-0.15, -0.1) is 0 Å². The predicted octanol–water partition coefficient (Wildman–Crippen LogP) is 3.54. The van der Waals surface area contributed by atoms with Gasteiger partial charge in [-0.3, -0.25) is 0 Å². The van der Waals surface area contributed by atoms with Crippen LogP contribution in [0, 0.1) is 0 Å². The second-order valence-corrected chi connectivity index (χ2v) is 4.06. The van der Waals surface area contributed by atoms with Crippen molar-refractivity contribution in [3.63, 3.8) is 0 Å². The van der Waals surface area contributed by atoms with Crippen LogP contribution < -0.4 is 5.32 Å². The summed E-state index contributed by atoms with van der Waals surface area (Å²) in [5, 5.41) is 11.2. The Labute approximate surface area is 122 Å². The predicted molar refractivity (Wildman–Crippen MR) is 86.9 cm³/mol. The summed E-state index contributed by atoms with van der Waals surface area (Å²) in [6.45, 7) is 4.00. The fraction of sp³-hybridized carbons (Fsp3) is 0.400. The van der Waals surface area contributed by atoms with Crippen molar-refractivity contribution in [3.05, 3.63) is 36.7 Å². The number of anilines is 1. The average molecular weight is 276 g/mol. The number of azo groups is 1. The van der Waals surface area contributed by atoms with Gasteiger partial charge in [-0.25, -0.2) is 4.58 Å². The van der Waals surface area contributed by atoms with Crippen molar-refractivity contribution < 1.29 is 4.58 Å². The fourth-order valence-corrected chi connectivity index (χ4v) is 1.15. The number of hydrogen-bond donors (Lipinski definition) is 1. The Kier molecular flexibility index (Phi) is 9.56. The Morgan fingerprint density at radius 1 is 1.15 bits per heavy atom. The van der Waals surface area contributed by atoms with Gasteiger partial charge in [0, 0.05) is 33.0 Å². The minimum Gasteiger partial charge on any atom is -0.388 e. The van der Waals surface area contributed by atoms with Gasteiger partial charge in [0.05, 0.1) is 12.2 Å². The van der Waals surface area contributed by atoms with Gasteiger partial charge in [0.2, 0.25) is 0 Å². The summed E-state index contributed by atoms with van der Waals surface area (Å²) in [6, 6.07) is 7.76. The Hall–Kier alpha value is -2.17. The summed E-state index contributed by atoms with van der Waals surface area (Å²) < 4.78 is 1.84. The standard InChI is InChI=1S/C13H19N5.C2H6/c1-14-12-5-7-13(8-6-12)16-15-11-18(4)10-9-17(2)3;1-2/h5-11H,1-4H3;1-2H3/p+1/b10-9-;. The number of nitrogens with one attached hydrogen (secondary N) is 1. The van der Waals surface area contributed by atoms with Crippen molar-refractivity contribution in [1.82, 2.24) is 4.90 Å². The Bertz CT molecular complexity index is 444. The van der Waals surface area contributed by atoms with E-state index in [1.165, 1.54) is 0 Å². The molecule has 0 heterocycles. The molecule has 5 nitrogen and oxygen atoms in total. The summed E-state index contributed by atoms with van der Waals surface area (Å²) in [4.78, 5) is 1.96. The van der Waals surface area contributed by atoms with E-state index in [0.29, 0.717) is 0 Å². The molecule has 1 aromatic carbocycles. The lowest BCUT2D eigenvalue weighted by molar-refractivity contribution is -0.418. The zero-order chi connectivity index (χ0) is 15.4. The molecule has 0 bridgehead atoms. The van der Waals surface area contributed by atoms with Gasteiger partial charge in [0.1, 0.15) is 11.9 Å². The van der Waals surface area contributed by atoms with Crippen LogP contribution in [0.25, 0.3) is 0 Å². The molecule has 0 saturated carbocycles. The van der Waals surface area contributed by atoms with Gasteiger partial charge in [0.15, 0.2) is 0 Å². The van der Waals surface area contributed by atoms with Crippen molar-refractivity contribution in [2.75, 3.05) is 33.5 Å². The van der Waals surface area contributed by atoms with Crippen LogP contribution in [0.3, 0.4) is 0 Å². The number of rotatable bonds is 5. The maximum Gasteiger partial charge on any atom is 0.314 e. The lowest BCUT2D eigenvalue weighted by Gasteiger charge is -2.00. The average Bonchev–Trinajstić information content (AvgIpc) is 2.48. The Balaban J connectivity index is 0.00000172. The molecular formula is C15H26N5+. The van der Waals surface area contributed by atoms with E-state index >= 15 is 0 Å². The summed E-state index contributed by atoms with van der Waals surface area (Å²) in [6.07, 6.45) is 5.50. The molecule has 0 aliphatic carbocycles. The molecule has 5 heteroatoms. The third-order valence-electron chi connectivity index (χ3n) is 2.16. The molecule has 0 amide bonds. The normalized spacial score (nSPS) is 11.4. The largest absolute Gasteiger partial charge is 0.388 e. The summed E-state index contributed by atoms with van der Waals surface area (Å²) in [7, 11) is 7.73. The van der Waals surface area contributed by atoms with Crippen molar-refractivity contribution >= 4 is 17.7 Å². The first-order valence-electron chi connectivity index (χ1n) is 6.70. The van der Waals surface area contributed by atoms with Crippen LogP contribution in [0.4, 0.5) is 11.4 Å². The first-order chi connectivity index (χ1) is 9.61. The number of nitrogens with zero attached hydrogens (tertiary/aromatic N) is 4. The van der Waals surface area contributed by atoms with E-state index in [0.717, 1.165) is 11.4 Å². The van der Waals surface area contributed by atoms with Crippen LogP contribution in [0.15, 0.2) is 46.9 Å². The first kappa shape index (κ1) is 17.8. The fourth-order valence-electron chi connectivity index (χ4n) is 1.15. The zero-order valence-electron chi connectivity index (χ0n) is 13.3. The second-order valence-electron chi connectivity index (χ2n) is 4.06. The zero-order valence-corrected chi connectivity index (χ0v) is 13.3. The molecule has 1 N–H and O–H groups in total. The highest BCUT2D eigenvalue weighted by Gasteiger charge is 1.93. The second kappa shape index (κ2) is 10.7. The van der Waals surface area contributed by atoms with E-state index in [9.17, 15) is 0 Å². The van der Waals surface area contributed by atoms with Crippen LogP contribution in [-0.4, -0.2) is 44.0 Å². The lowest BCUT2D eigenvalue weighted by atomic mass is 10.3. The number of hydrogen-bond acceptors (Lipinski definition) is 3. The highest BCUT2D eigenvalue weighted by molar-refractivity contribution is 5.52. The molecule has 0 aliphatic rings. The molecule has 0 unspecified atom stereocenters. The van der Waals surface area contributed by atoms with E-state index in [1.807, 2.05) is 88.2 Å². The topological polar surface area (TPSA) is 43.0 Å². The van der Waals surface area contributed by atoms with Crippen LogP contribution in [0.5, 0.6) is 0 Å². The lowest BCUT2D eigenvalue weighted by Crippen LogP contribution is -2.03. The summed E-state index contributed by atoms with van der Waals surface area (Å²) in [5.41, 5.74) is 1.89. The van der Waals surface area contributed by atoms with E-state index < -0.39 is 0 Å². The third-order valence-corrected chi connectivity index (χ3v) is 2.16. The van der Waals surface area contributed by atoms with Gasteiger partial charge in [0.25, 0.3) is 0 Å². The molecule has 0 fully saturated rings. The number of benzene rings is 1. The molecule has 1 rings (SSSR count). The molecule has 0 saturated heterocycles. The molecular weight excluding hydrogens is 250 g/mol. The van der Waals surface area contributed by atoms with Gasteiger partial charge >= 0.3 is 6.34 Å². The van der Waals surface area contributed by atoms with Gasteiger partial charge in [-0.05, 0) is 29.4 Å². The van der Waals surface area contributed by atoms with Crippen molar-refractivity contribution in [1.29, 1.82) is 0 Å². The van der Waals surface area contributed by atoms with Crippen LogP contribution in [-0.2, 0) is 0 Å². The minimum absolute atomic E-state index is 0.829. The smallest absolute Gasteiger partial charge is 0.314 e. The molecule has 110 valence electrons. The van der Waals surface area contributed by atoms with E-state index in [1.54, 1.807) is 6.34 Å². The van der Waals surface area contributed by atoms with Crippen LogP contribution in [0.2, 0.25) is 0 Å². The molecule has 20 heavy (non-hydrogen) atoms. The van der Waals surface area contributed by atoms with Crippen molar-refractivity contribution in [3.8, 4) is 0 Å². The Morgan fingerprint density at radius 2 is 1.75 bits per heavy atom. The highest BCUT2D eigenvalue weighted by Crippen LogP contribution is 2.15. The maximum absolute atomic E-state index is 4.10. The summed E-state index contributed by atoms with van der Waals surface area (Å²) in [5.74, 6) is 0. The maximum atomic E-state index is 4.10. The Morgan fingerprint density at radius 3 is 2.25 bits per heavy atom. The molecule has 0 atom stereocenters. The molecule has 0 aromatic heterocycles. The highest BCUT2D eigenvalue weighted by atomic mass is 15.2. The minimum atomic E-state index is 0.829. The van der Waals surface area contributed by atoms with Gasteiger partial charge < -0.3 is 10.2 Å². The molecule has 0 spiro atoms. The SMILES string of the molecule is CC.CNc1ccc(N=NC=[N+](C)/C=C\N(C)C)cc1. The summed E-state index contributed by atoms with van der Waals surface area (Å²) >= 11 is 0.